The first-order chi connectivity index (χ1) is 8.85. The number of aliphatic hydroxyl groups is 4. The Morgan fingerprint density at radius 3 is 2.68 bits per heavy atom. The highest BCUT2D eigenvalue weighted by Crippen LogP contribution is 2.28. The van der Waals surface area contributed by atoms with Crippen molar-refractivity contribution in [1.82, 2.24) is 4.90 Å². The number of rotatable bonds is 3. The summed E-state index contributed by atoms with van der Waals surface area (Å²) in [5, 5.41) is 47.9. The predicted molar refractivity (Wildman–Crippen MR) is 61.2 cm³/mol. The van der Waals surface area contributed by atoms with Gasteiger partial charge < -0.3 is 30.3 Å². The molecule has 2 aliphatic rings. The molecule has 8 heteroatoms. The summed E-state index contributed by atoms with van der Waals surface area (Å²) >= 11 is 0. The summed E-state index contributed by atoms with van der Waals surface area (Å²) < 4.78 is 5.01. The Kier molecular flexibility index (Phi) is 4.09. The lowest BCUT2D eigenvalue weighted by Gasteiger charge is -2.43. The quantitative estimate of drug-likeness (QED) is 0.378. The molecular weight excluding hydrogens is 258 g/mol. The zero-order valence-electron chi connectivity index (χ0n) is 10.3. The second-order valence-corrected chi connectivity index (χ2v) is 5.13. The summed E-state index contributed by atoms with van der Waals surface area (Å²) in [4.78, 5) is 12.5. The SMILES string of the molecule is O=C(O)[C@H]1CCCN1C[C@]1(O)OC[C@@H](O)[C@@H](O)[C@@H]1O. The zero-order valence-corrected chi connectivity index (χ0v) is 10.3. The van der Waals surface area contributed by atoms with Crippen LogP contribution in [0, 0.1) is 0 Å². The fourth-order valence-electron chi connectivity index (χ4n) is 2.62. The molecule has 0 aromatic rings. The monoisotopic (exact) mass is 277 g/mol. The van der Waals surface area contributed by atoms with Crippen molar-refractivity contribution < 1.29 is 35.1 Å². The Bertz CT molecular complexity index is 352. The number of aliphatic hydroxyl groups excluding tert-OH is 3. The van der Waals surface area contributed by atoms with Crippen molar-refractivity contribution in [3.63, 3.8) is 0 Å². The van der Waals surface area contributed by atoms with E-state index in [-0.39, 0.29) is 13.2 Å². The summed E-state index contributed by atoms with van der Waals surface area (Å²) in [5.74, 6) is -3.07. The van der Waals surface area contributed by atoms with Crippen LogP contribution in [0.3, 0.4) is 0 Å². The molecule has 2 aliphatic heterocycles. The largest absolute Gasteiger partial charge is 0.480 e. The van der Waals surface area contributed by atoms with Crippen LogP contribution in [0.1, 0.15) is 12.8 Å². The average Bonchev–Trinajstić information content (AvgIpc) is 2.80. The van der Waals surface area contributed by atoms with E-state index in [1.165, 1.54) is 4.90 Å². The minimum atomic E-state index is -2.07. The van der Waals surface area contributed by atoms with Gasteiger partial charge in [0.1, 0.15) is 24.4 Å². The molecule has 0 spiro atoms. The Morgan fingerprint density at radius 1 is 1.37 bits per heavy atom. The Balaban J connectivity index is 2.06. The maximum atomic E-state index is 11.0. The number of carboxylic acid groups (broad SMARTS) is 1. The molecular formula is C11H19NO7. The molecule has 0 aromatic heterocycles. The van der Waals surface area contributed by atoms with E-state index < -0.39 is 36.1 Å². The Hall–Kier alpha value is -0.770. The third-order valence-corrected chi connectivity index (χ3v) is 3.76. The van der Waals surface area contributed by atoms with Gasteiger partial charge in [0.15, 0.2) is 0 Å². The number of likely N-dealkylation sites (tertiary alicyclic amines) is 1. The van der Waals surface area contributed by atoms with E-state index in [0.717, 1.165) is 0 Å². The smallest absolute Gasteiger partial charge is 0.320 e. The van der Waals surface area contributed by atoms with E-state index >= 15 is 0 Å². The molecule has 0 aliphatic carbocycles. The third kappa shape index (κ3) is 2.73. The number of aliphatic carboxylic acids is 1. The van der Waals surface area contributed by atoms with Gasteiger partial charge in [-0.25, -0.2) is 0 Å². The highest BCUT2D eigenvalue weighted by atomic mass is 16.6. The van der Waals surface area contributed by atoms with Crippen molar-refractivity contribution in [1.29, 1.82) is 0 Å². The van der Waals surface area contributed by atoms with Gasteiger partial charge in [0.25, 0.3) is 0 Å². The standard InChI is InChI=1S/C11H19NO7/c13-7-4-19-11(18,9(15)8(7)14)5-12-3-1-2-6(12)10(16)17/h6-9,13-15,18H,1-5H2,(H,16,17)/t6-,7-,8-,9+,11+/m1/s1. The number of carboxylic acids is 1. The summed E-state index contributed by atoms with van der Waals surface area (Å²) in [5.41, 5.74) is 0. The maximum Gasteiger partial charge on any atom is 0.320 e. The van der Waals surface area contributed by atoms with Crippen molar-refractivity contribution in [2.45, 2.75) is 43.0 Å². The van der Waals surface area contributed by atoms with Crippen LogP contribution in [0.25, 0.3) is 0 Å². The van der Waals surface area contributed by atoms with Gasteiger partial charge >= 0.3 is 5.97 Å². The summed E-state index contributed by atoms with van der Waals surface area (Å²) in [6, 6.07) is -0.733. The molecule has 0 unspecified atom stereocenters. The molecule has 2 fully saturated rings. The van der Waals surface area contributed by atoms with Crippen molar-refractivity contribution in [2.24, 2.45) is 0 Å². The van der Waals surface area contributed by atoms with Crippen LogP contribution in [0.15, 0.2) is 0 Å². The normalized spacial score (nSPS) is 44.4. The molecule has 0 amide bonds. The van der Waals surface area contributed by atoms with Gasteiger partial charge in [0.05, 0.1) is 13.2 Å². The summed E-state index contributed by atoms with van der Waals surface area (Å²) in [6.45, 7) is -0.0801. The molecule has 19 heavy (non-hydrogen) atoms. The van der Waals surface area contributed by atoms with Gasteiger partial charge in [-0.15, -0.1) is 0 Å². The highest BCUT2D eigenvalue weighted by molar-refractivity contribution is 5.73. The molecule has 0 saturated carbocycles. The van der Waals surface area contributed by atoms with E-state index in [1.54, 1.807) is 0 Å². The number of β-amino-alcohol motifs (C(OH)–C–C–N with tert-alkyl or cyclic N) is 1. The van der Waals surface area contributed by atoms with E-state index in [0.29, 0.717) is 19.4 Å². The number of hydrogen-bond acceptors (Lipinski definition) is 7. The molecule has 0 radical (unpaired) electrons. The molecule has 5 atom stereocenters. The summed E-state index contributed by atoms with van der Waals surface area (Å²) in [6.07, 6.45) is -3.35. The molecule has 2 saturated heterocycles. The van der Waals surface area contributed by atoms with Gasteiger partial charge in [-0.2, -0.15) is 0 Å². The van der Waals surface area contributed by atoms with Crippen LogP contribution in [0.5, 0.6) is 0 Å². The van der Waals surface area contributed by atoms with E-state index in [1.807, 2.05) is 0 Å². The van der Waals surface area contributed by atoms with Gasteiger partial charge in [0, 0.05) is 0 Å². The average molecular weight is 277 g/mol. The maximum absolute atomic E-state index is 11.0. The van der Waals surface area contributed by atoms with E-state index in [9.17, 15) is 25.2 Å². The zero-order chi connectivity index (χ0) is 14.2. The van der Waals surface area contributed by atoms with Crippen molar-refractivity contribution in [2.75, 3.05) is 19.7 Å². The molecule has 2 heterocycles. The van der Waals surface area contributed by atoms with Crippen LogP contribution in [-0.4, -0.2) is 86.2 Å². The third-order valence-electron chi connectivity index (χ3n) is 3.76. The van der Waals surface area contributed by atoms with Crippen molar-refractivity contribution >= 4 is 5.97 Å². The predicted octanol–water partition coefficient (Wildman–Crippen LogP) is -2.66. The molecule has 2 rings (SSSR count). The molecule has 5 N–H and O–H groups in total. The minimum absolute atomic E-state index is 0.227. The minimum Gasteiger partial charge on any atom is -0.480 e. The summed E-state index contributed by atoms with van der Waals surface area (Å²) in [7, 11) is 0. The van der Waals surface area contributed by atoms with Crippen LogP contribution < -0.4 is 0 Å². The van der Waals surface area contributed by atoms with Gasteiger partial charge in [-0.1, -0.05) is 0 Å². The topological polar surface area (TPSA) is 131 Å². The van der Waals surface area contributed by atoms with Crippen LogP contribution in [0.2, 0.25) is 0 Å². The lowest BCUT2D eigenvalue weighted by atomic mass is 9.96. The number of nitrogens with zero attached hydrogens (tertiary/aromatic N) is 1. The number of carbonyl (C=O) groups is 1. The molecule has 0 aromatic carbocycles. The van der Waals surface area contributed by atoms with Crippen molar-refractivity contribution in [3.05, 3.63) is 0 Å². The number of ether oxygens (including phenoxy) is 1. The fraction of sp³-hybridized carbons (Fsp3) is 0.909. The first kappa shape index (κ1) is 14.6. The first-order valence-electron chi connectivity index (χ1n) is 6.22. The molecule has 8 nitrogen and oxygen atoms in total. The van der Waals surface area contributed by atoms with Crippen LogP contribution >= 0.6 is 0 Å². The van der Waals surface area contributed by atoms with Crippen LogP contribution in [-0.2, 0) is 9.53 Å². The first-order valence-corrected chi connectivity index (χ1v) is 6.22. The van der Waals surface area contributed by atoms with E-state index in [4.69, 9.17) is 9.84 Å². The highest BCUT2D eigenvalue weighted by Gasteiger charge is 2.50. The lowest BCUT2D eigenvalue weighted by molar-refractivity contribution is -0.325. The molecule has 110 valence electrons. The Labute approximate surface area is 109 Å². The van der Waals surface area contributed by atoms with Gasteiger partial charge in [0.2, 0.25) is 5.79 Å². The second-order valence-electron chi connectivity index (χ2n) is 5.13. The van der Waals surface area contributed by atoms with Gasteiger partial charge in [-0.05, 0) is 19.4 Å². The van der Waals surface area contributed by atoms with Gasteiger partial charge in [-0.3, -0.25) is 9.69 Å². The number of hydrogen-bond donors (Lipinski definition) is 5. The lowest BCUT2D eigenvalue weighted by Crippen LogP contribution is -2.65. The molecule has 0 bridgehead atoms. The fourth-order valence-corrected chi connectivity index (χ4v) is 2.62. The van der Waals surface area contributed by atoms with E-state index in [2.05, 4.69) is 0 Å². The van der Waals surface area contributed by atoms with Crippen LogP contribution in [0.4, 0.5) is 0 Å². The van der Waals surface area contributed by atoms with Crippen molar-refractivity contribution in [3.8, 4) is 0 Å². The Morgan fingerprint density at radius 2 is 2.05 bits per heavy atom. The second kappa shape index (κ2) is 5.31.